The van der Waals surface area contributed by atoms with Gasteiger partial charge in [-0.2, -0.15) is 0 Å². The minimum atomic E-state index is -0.494. The van der Waals surface area contributed by atoms with E-state index in [1.807, 2.05) is 31.2 Å². The van der Waals surface area contributed by atoms with Gasteiger partial charge >= 0.3 is 5.69 Å². The summed E-state index contributed by atoms with van der Waals surface area (Å²) < 4.78 is 6.63. The number of nitrogens with zero attached hydrogens (tertiary/aromatic N) is 5. The zero-order valence-corrected chi connectivity index (χ0v) is 13.2. The van der Waals surface area contributed by atoms with Gasteiger partial charge in [-0.05, 0) is 19.1 Å². The van der Waals surface area contributed by atoms with Crippen LogP contribution in [0.5, 0.6) is 0 Å². The number of nitrogens with one attached hydrogen (secondary N) is 1. The van der Waals surface area contributed by atoms with Gasteiger partial charge in [-0.1, -0.05) is 12.1 Å². The molecule has 0 bridgehead atoms. The summed E-state index contributed by atoms with van der Waals surface area (Å²) in [7, 11) is 1.57. The van der Waals surface area contributed by atoms with Gasteiger partial charge < -0.3 is 10.1 Å². The van der Waals surface area contributed by atoms with Crippen LogP contribution in [-0.2, 0) is 4.74 Å². The highest BCUT2D eigenvalue weighted by Crippen LogP contribution is 2.30. The van der Waals surface area contributed by atoms with E-state index in [0.717, 1.165) is 11.0 Å². The third-order valence-electron chi connectivity index (χ3n) is 3.47. The van der Waals surface area contributed by atoms with Gasteiger partial charge in [0.25, 0.3) is 0 Å². The molecule has 0 aliphatic rings. The molecule has 0 saturated carbocycles. The number of ether oxygens (including phenoxy) is 1. The van der Waals surface area contributed by atoms with E-state index < -0.39 is 4.92 Å². The summed E-state index contributed by atoms with van der Waals surface area (Å²) in [6.45, 7) is 2.24. The molecule has 9 heteroatoms. The number of anilines is 1. The van der Waals surface area contributed by atoms with E-state index in [2.05, 4.69) is 20.3 Å². The first-order chi connectivity index (χ1) is 11.6. The van der Waals surface area contributed by atoms with Crippen LogP contribution in [0.15, 0.2) is 36.9 Å². The number of nitro groups is 1. The average Bonchev–Trinajstić information content (AvgIpc) is 2.98. The maximum absolute atomic E-state index is 11.6. The molecule has 1 unspecified atom stereocenters. The van der Waals surface area contributed by atoms with Crippen LogP contribution in [0, 0.1) is 10.1 Å². The fourth-order valence-electron chi connectivity index (χ4n) is 2.47. The molecule has 124 valence electrons. The monoisotopic (exact) mass is 328 g/mol. The Morgan fingerprint density at radius 3 is 2.88 bits per heavy atom. The number of fused-ring (bicyclic) bond motifs is 1. The van der Waals surface area contributed by atoms with Gasteiger partial charge in [0.1, 0.15) is 12.7 Å². The van der Waals surface area contributed by atoms with Crippen molar-refractivity contribution in [3.05, 3.63) is 47.0 Å². The Hall–Kier alpha value is -3.07. The van der Waals surface area contributed by atoms with Gasteiger partial charge in [0.05, 0.1) is 22.6 Å². The van der Waals surface area contributed by atoms with Crippen LogP contribution in [-0.4, -0.2) is 44.2 Å². The SMILES string of the molecule is COCC(C)Nc1ncnc(-n2cnc3ccccc32)c1[N+](=O)[O-]. The largest absolute Gasteiger partial charge is 0.383 e. The Bertz CT molecular complexity index is 879. The Labute approximate surface area is 137 Å². The minimum absolute atomic E-state index is 0.143. The van der Waals surface area contributed by atoms with Crippen LogP contribution >= 0.6 is 0 Å². The van der Waals surface area contributed by atoms with Gasteiger partial charge in [0, 0.05) is 13.2 Å². The zero-order valence-electron chi connectivity index (χ0n) is 13.2. The number of benzene rings is 1. The fourth-order valence-corrected chi connectivity index (χ4v) is 2.47. The molecule has 0 aliphatic carbocycles. The van der Waals surface area contributed by atoms with Crippen molar-refractivity contribution in [3.63, 3.8) is 0 Å². The molecular formula is C15H16N6O3. The molecule has 3 rings (SSSR count). The summed E-state index contributed by atoms with van der Waals surface area (Å²) in [6, 6.07) is 7.21. The molecule has 0 spiro atoms. The molecule has 0 saturated heterocycles. The van der Waals surface area contributed by atoms with E-state index in [4.69, 9.17) is 4.74 Å². The third-order valence-corrected chi connectivity index (χ3v) is 3.47. The molecule has 2 aromatic heterocycles. The van der Waals surface area contributed by atoms with Gasteiger partial charge in [0.15, 0.2) is 0 Å². The lowest BCUT2D eigenvalue weighted by Crippen LogP contribution is -2.22. The highest BCUT2D eigenvalue weighted by molar-refractivity contribution is 5.79. The molecule has 0 fully saturated rings. The van der Waals surface area contributed by atoms with E-state index in [0.29, 0.717) is 6.61 Å². The van der Waals surface area contributed by atoms with Crippen molar-refractivity contribution in [1.82, 2.24) is 19.5 Å². The maximum Gasteiger partial charge on any atom is 0.354 e. The van der Waals surface area contributed by atoms with Crippen molar-refractivity contribution in [1.29, 1.82) is 0 Å². The fraction of sp³-hybridized carbons (Fsp3) is 0.267. The molecule has 2 heterocycles. The third kappa shape index (κ3) is 2.88. The van der Waals surface area contributed by atoms with E-state index in [9.17, 15) is 10.1 Å². The molecule has 3 aromatic rings. The van der Waals surface area contributed by atoms with Crippen molar-refractivity contribution in [2.24, 2.45) is 0 Å². The number of imidazole rings is 1. The molecule has 9 nitrogen and oxygen atoms in total. The predicted octanol–water partition coefficient (Wildman–Crippen LogP) is 2.17. The van der Waals surface area contributed by atoms with Crippen molar-refractivity contribution >= 4 is 22.5 Å². The second kappa shape index (κ2) is 6.59. The van der Waals surface area contributed by atoms with E-state index in [1.165, 1.54) is 12.7 Å². The lowest BCUT2D eigenvalue weighted by Gasteiger charge is -2.14. The molecule has 24 heavy (non-hydrogen) atoms. The Morgan fingerprint density at radius 2 is 2.12 bits per heavy atom. The number of aromatic nitrogens is 4. The standard InChI is InChI=1S/C15H16N6O3/c1-10(7-24-2)19-14-13(21(22)23)15(17-8-16-14)20-9-18-11-5-3-4-6-12(11)20/h3-6,8-10H,7H2,1-2H3,(H,16,17,19). The van der Waals surface area contributed by atoms with Crippen molar-refractivity contribution in [2.75, 3.05) is 19.0 Å². The number of rotatable bonds is 6. The molecule has 0 radical (unpaired) electrons. The van der Waals surface area contributed by atoms with E-state index >= 15 is 0 Å². The predicted molar refractivity (Wildman–Crippen MR) is 88.3 cm³/mol. The summed E-state index contributed by atoms with van der Waals surface area (Å²) >= 11 is 0. The highest BCUT2D eigenvalue weighted by atomic mass is 16.6. The quantitative estimate of drug-likeness (QED) is 0.545. The van der Waals surface area contributed by atoms with Crippen molar-refractivity contribution in [2.45, 2.75) is 13.0 Å². The van der Waals surface area contributed by atoms with Crippen molar-refractivity contribution in [3.8, 4) is 5.82 Å². The number of para-hydroxylation sites is 2. The van der Waals surface area contributed by atoms with Crippen LogP contribution in [0.2, 0.25) is 0 Å². The second-order valence-electron chi connectivity index (χ2n) is 5.26. The first kappa shape index (κ1) is 15.8. The van der Waals surface area contributed by atoms with Crippen LogP contribution < -0.4 is 5.32 Å². The first-order valence-electron chi connectivity index (χ1n) is 7.29. The topological polar surface area (TPSA) is 108 Å². The van der Waals surface area contributed by atoms with Crippen molar-refractivity contribution < 1.29 is 9.66 Å². The summed E-state index contributed by atoms with van der Waals surface area (Å²) in [5, 5.41) is 14.6. The summed E-state index contributed by atoms with van der Waals surface area (Å²) in [5.74, 6) is 0.308. The smallest absolute Gasteiger partial charge is 0.354 e. The molecule has 0 aliphatic heterocycles. The lowest BCUT2D eigenvalue weighted by molar-refractivity contribution is -0.384. The average molecular weight is 328 g/mol. The lowest BCUT2D eigenvalue weighted by atomic mass is 10.3. The van der Waals surface area contributed by atoms with Crippen LogP contribution in [0.1, 0.15) is 6.92 Å². The summed E-state index contributed by atoms with van der Waals surface area (Å²) in [4.78, 5) is 23.5. The van der Waals surface area contributed by atoms with E-state index in [1.54, 1.807) is 11.7 Å². The molecule has 1 atom stereocenters. The van der Waals surface area contributed by atoms with Crippen LogP contribution in [0.4, 0.5) is 11.5 Å². The van der Waals surface area contributed by atoms with Gasteiger partial charge in [-0.3, -0.25) is 14.7 Å². The maximum atomic E-state index is 11.6. The molecule has 0 amide bonds. The van der Waals surface area contributed by atoms with Crippen LogP contribution in [0.3, 0.4) is 0 Å². The summed E-state index contributed by atoms with van der Waals surface area (Å²) in [6.07, 6.45) is 2.81. The number of methoxy groups -OCH3 is 1. The van der Waals surface area contributed by atoms with Gasteiger partial charge in [-0.15, -0.1) is 0 Å². The number of hydrogen-bond donors (Lipinski definition) is 1. The normalized spacial score (nSPS) is 12.2. The molecule has 1 N–H and O–H groups in total. The summed E-state index contributed by atoms with van der Waals surface area (Å²) in [5.41, 5.74) is 1.26. The van der Waals surface area contributed by atoms with E-state index in [-0.39, 0.29) is 23.4 Å². The highest BCUT2D eigenvalue weighted by Gasteiger charge is 2.26. The van der Waals surface area contributed by atoms with Gasteiger partial charge in [-0.25, -0.2) is 15.0 Å². The first-order valence-corrected chi connectivity index (χ1v) is 7.29. The second-order valence-corrected chi connectivity index (χ2v) is 5.26. The van der Waals surface area contributed by atoms with Crippen LogP contribution in [0.25, 0.3) is 16.9 Å². The number of hydrogen-bond acceptors (Lipinski definition) is 7. The molecule has 1 aromatic carbocycles. The Morgan fingerprint density at radius 1 is 1.33 bits per heavy atom. The molecular weight excluding hydrogens is 312 g/mol. The zero-order chi connectivity index (χ0) is 17.1. The minimum Gasteiger partial charge on any atom is -0.383 e. The Kier molecular flexibility index (Phi) is 4.34. The van der Waals surface area contributed by atoms with Gasteiger partial charge in [0.2, 0.25) is 11.6 Å². The Balaban J connectivity index is 2.13.